The van der Waals surface area contributed by atoms with Crippen LogP contribution < -0.4 is 11.1 Å². The molecule has 1 saturated carbocycles. The van der Waals surface area contributed by atoms with Crippen LogP contribution in [0.2, 0.25) is 0 Å². The predicted molar refractivity (Wildman–Crippen MR) is 81.6 cm³/mol. The molecular weight excluding hydrogens is 254 g/mol. The standard InChI is InChI=1S/C15H31N3O2/c1-4-9-17-15(14(16)19)8-6-7-13(12-15)18(3)10-11-20-5-2/h13,17H,4-12H2,1-3H3,(H2,16,19). The first kappa shape index (κ1) is 17.4. The van der Waals surface area contributed by atoms with Gasteiger partial charge in [-0.2, -0.15) is 0 Å². The summed E-state index contributed by atoms with van der Waals surface area (Å²) in [5.41, 5.74) is 5.17. The molecule has 5 heteroatoms. The Morgan fingerprint density at radius 3 is 2.85 bits per heavy atom. The number of rotatable bonds is 9. The van der Waals surface area contributed by atoms with Gasteiger partial charge in [0, 0.05) is 19.2 Å². The zero-order valence-corrected chi connectivity index (χ0v) is 13.3. The third-order valence-electron chi connectivity index (χ3n) is 4.33. The number of carbonyl (C=O) groups is 1. The molecule has 0 aliphatic heterocycles. The van der Waals surface area contributed by atoms with Gasteiger partial charge in [0.05, 0.1) is 12.1 Å². The molecule has 1 rings (SSSR count). The van der Waals surface area contributed by atoms with E-state index >= 15 is 0 Å². The number of hydrogen-bond donors (Lipinski definition) is 2. The lowest BCUT2D eigenvalue weighted by Gasteiger charge is -2.42. The Morgan fingerprint density at radius 1 is 1.50 bits per heavy atom. The molecule has 0 radical (unpaired) electrons. The van der Waals surface area contributed by atoms with Gasteiger partial charge in [-0.25, -0.2) is 0 Å². The van der Waals surface area contributed by atoms with Crippen LogP contribution in [0.25, 0.3) is 0 Å². The van der Waals surface area contributed by atoms with E-state index in [-0.39, 0.29) is 5.91 Å². The van der Waals surface area contributed by atoms with Crippen molar-refractivity contribution in [3.8, 4) is 0 Å². The van der Waals surface area contributed by atoms with Crippen LogP contribution in [0, 0.1) is 0 Å². The lowest BCUT2D eigenvalue weighted by Crippen LogP contribution is -2.60. The molecule has 1 amide bonds. The molecule has 0 spiro atoms. The van der Waals surface area contributed by atoms with Gasteiger partial charge in [-0.3, -0.25) is 4.79 Å². The zero-order chi connectivity index (χ0) is 15.0. The molecule has 1 aliphatic rings. The van der Waals surface area contributed by atoms with E-state index in [1.165, 1.54) is 0 Å². The normalized spacial score (nSPS) is 26.9. The molecule has 2 unspecified atom stereocenters. The van der Waals surface area contributed by atoms with Crippen molar-refractivity contribution in [2.24, 2.45) is 5.73 Å². The molecule has 3 N–H and O–H groups in total. The van der Waals surface area contributed by atoms with Gasteiger partial charge in [-0.1, -0.05) is 6.92 Å². The Labute approximate surface area is 123 Å². The van der Waals surface area contributed by atoms with E-state index < -0.39 is 5.54 Å². The summed E-state index contributed by atoms with van der Waals surface area (Å²) in [6.07, 6.45) is 4.86. The molecule has 20 heavy (non-hydrogen) atoms. The summed E-state index contributed by atoms with van der Waals surface area (Å²) < 4.78 is 5.41. The van der Waals surface area contributed by atoms with Gasteiger partial charge in [-0.05, 0) is 52.6 Å². The Balaban J connectivity index is 2.59. The third-order valence-corrected chi connectivity index (χ3v) is 4.33. The summed E-state index contributed by atoms with van der Waals surface area (Å²) >= 11 is 0. The number of carbonyl (C=O) groups excluding carboxylic acids is 1. The number of nitrogens with two attached hydrogens (primary N) is 1. The highest BCUT2D eigenvalue weighted by Gasteiger charge is 2.41. The molecule has 1 fully saturated rings. The minimum atomic E-state index is -0.515. The summed E-state index contributed by atoms with van der Waals surface area (Å²) in [5, 5.41) is 3.40. The van der Waals surface area contributed by atoms with E-state index in [4.69, 9.17) is 10.5 Å². The third kappa shape index (κ3) is 4.72. The fourth-order valence-electron chi connectivity index (χ4n) is 2.99. The van der Waals surface area contributed by atoms with E-state index in [0.717, 1.165) is 58.4 Å². The molecule has 0 bridgehead atoms. The van der Waals surface area contributed by atoms with Gasteiger partial charge in [-0.15, -0.1) is 0 Å². The topological polar surface area (TPSA) is 67.6 Å². The van der Waals surface area contributed by atoms with Gasteiger partial charge in [0.2, 0.25) is 5.91 Å². The van der Waals surface area contributed by atoms with E-state index in [1.54, 1.807) is 0 Å². The fraction of sp³-hybridized carbons (Fsp3) is 0.933. The molecule has 0 aromatic heterocycles. The second kappa shape index (κ2) is 8.60. The number of ether oxygens (including phenoxy) is 1. The van der Waals surface area contributed by atoms with Gasteiger partial charge in [0.15, 0.2) is 0 Å². The Kier molecular flexibility index (Phi) is 7.48. The van der Waals surface area contributed by atoms with Crippen molar-refractivity contribution in [2.45, 2.75) is 57.5 Å². The van der Waals surface area contributed by atoms with E-state index in [1.807, 2.05) is 6.92 Å². The van der Waals surface area contributed by atoms with Crippen molar-refractivity contribution >= 4 is 5.91 Å². The lowest BCUT2D eigenvalue weighted by atomic mass is 9.77. The lowest BCUT2D eigenvalue weighted by molar-refractivity contribution is -0.126. The van der Waals surface area contributed by atoms with Gasteiger partial charge in [0.1, 0.15) is 0 Å². The first-order chi connectivity index (χ1) is 9.55. The summed E-state index contributed by atoms with van der Waals surface area (Å²) in [6, 6.07) is 0.404. The van der Waals surface area contributed by atoms with Crippen molar-refractivity contribution in [1.82, 2.24) is 10.2 Å². The number of amides is 1. The van der Waals surface area contributed by atoms with Crippen LogP contribution in [0.1, 0.15) is 46.0 Å². The highest BCUT2D eigenvalue weighted by Crippen LogP contribution is 2.30. The number of primary amides is 1. The molecule has 0 saturated heterocycles. The van der Waals surface area contributed by atoms with Crippen molar-refractivity contribution < 1.29 is 9.53 Å². The quantitative estimate of drug-likeness (QED) is 0.623. The molecule has 0 aromatic rings. The molecule has 5 nitrogen and oxygen atoms in total. The van der Waals surface area contributed by atoms with Crippen molar-refractivity contribution in [3.63, 3.8) is 0 Å². The predicted octanol–water partition coefficient (Wildman–Crippen LogP) is 1.12. The zero-order valence-electron chi connectivity index (χ0n) is 13.3. The van der Waals surface area contributed by atoms with E-state index in [9.17, 15) is 4.79 Å². The number of nitrogens with one attached hydrogen (secondary N) is 1. The summed E-state index contributed by atoms with van der Waals surface area (Å²) in [6.45, 7) is 7.36. The monoisotopic (exact) mass is 285 g/mol. The van der Waals surface area contributed by atoms with Crippen molar-refractivity contribution in [2.75, 3.05) is 33.4 Å². The Hall–Kier alpha value is -0.650. The Bertz CT molecular complexity index is 299. The van der Waals surface area contributed by atoms with Crippen molar-refractivity contribution in [3.05, 3.63) is 0 Å². The smallest absolute Gasteiger partial charge is 0.237 e. The first-order valence-corrected chi connectivity index (χ1v) is 7.88. The van der Waals surface area contributed by atoms with Gasteiger partial charge < -0.3 is 20.7 Å². The van der Waals surface area contributed by atoms with E-state index in [2.05, 4.69) is 24.2 Å². The molecule has 0 aromatic carbocycles. The first-order valence-electron chi connectivity index (χ1n) is 7.88. The van der Waals surface area contributed by atoms with Crippen LogP contribution in [0.5, 0.6) is 0 Å². The van der Waals surface area contributed by atoms with Gasteiger partial charge >= 0.3 is 0 Å². The highest BCUT2D eigenvalue weighted by molar-refractivity contribution is 5.84. The Morgan fingerprint density at radius 2 is 2.25 bits per heavy atom. The van der Waals surface area contributed by atoms with Gasteiger partial charge in [0.25, 0.3) is 0 Å². The largest absolute Gasteiger partial charge is 0.380 e. The van der Waals surface area contributed by atoms with Crippen LogP contribution in [0.15, 0.2) is 0 Å². The van der Waals surface area contributed by atoms with Crippen LogP contribution in [-0.4, -0.2) is 55.7 Å². The number of hydrogen-bond acceptors (Lipinski definition) is 4. The maximum Gasteiger partial charge on any atom is 0.237 e. The van der Waals surface area contributed by atoms with Crippen molar-refractivity contribution in [1.29, 1.82) is 0 Å². The molecule has 118 valence electrons. The molecule has 0 heterocycles. The summed E-state index contributed by atoms with van der Waals surface area (Å²) in [5.74, 6) is -0.200. The maximum absolute atomic E-state index is 11.9. The second-order valence-electron chi connectivity index (χ2n) is 5.80. The van der Waals surface area contributed by atoms with Crippen LogP contribution >= 0.6 is 0 Å². The minimum absolute atomic E-state index is 0.200. The molecular formula is C15H31N3O2. The maximum atomic E-state index is 11.9. The van der Waals surface area contributed by atoms with Crippen LogP contribution in [-0.2, 0) is 9.53 Å². The summed E-state index contributed by atoms with van der Waals surface area (Å²) in [7, 11) is 2.11. The van der Waals surface area contributed by atoms with Crippen LogP contribution in [0.4, 0.5) is 0 Å². The SMILES string of the molecule is CCCNC1(C(N)=O)CCCC(N(C)CCOCC)C1. The number of likely N-dealkylation sites (N-methyl/N-ethyl adjacent to an activating group) is 1. The second-order valence-corrected chi connectivity index (χ2v) is 5.80. The number of nitrogens with zero attached hydrogens (tertiary/aromatic N) is 1. The van der Waals surface area contributed by atoms with E-state index in [0.29, 0.717) is 6.04 Å². The summed E-state index contributed by atoms with van der Waals surface area (Å²) in [4.78, 5) is 14.2. The van der Waals surface area contributed by atoms with Crippen LogP contribution in [0.3, 0.4) is 0 Å². The molecule has 1 aliphatic carbocycles. The highest BCUT2D eigenvalue weighted by atomic mass is 16.5. The fourth-order valence-corrected chi connectivity index (χ4v) is 2.99. The molecule has 2 atom stereocenters. The minimum Gasteiger partial charge on any atom is -0.380 e. The average molecular weight is 285 g/mol. The average Bonchev–Trinajstić information content (AvgIpc) is 2.45.